The van der Waals surface area contributed by atoms with E-state index in [0.717, 1.165) is 38.5 Å². The summed E-state index contributed by atoms with van der Waals surface area (Å²) in [5, 5.41) is 0. The summed E-state index contributed by atoms with van der Waals surface area (Å²) in [5.41, 5.74) is 2.43. The molecule has 0 saturated heterocycles. The number of allylic oxidation sites excluding steroid dienone is 2. The van der Waals surface area contributed by atoms with Gasteiger partial charge in [0.05, 0.1) is 0 Å². The minimum absolute atomic E-state index is 0.0799. The molecule has 4 rings (SSSR count). The van der Waals surface area contributed by atoms with Gasteiger partial charge in [0.2, 0.25) is 0 Å². The highest BCUT2D eigenvalue weighted by atomic mass is 16.1. The Morgan fingerprint density at radius 3 is 2.55 bits per heavy atom. The van der Waals surface area contributed by atoms with E-state index < -0.39 is 0 Å². The van der Waals surface area contributed by atoms with E-state index in [2.05, 4.69) is 20.4 Å². The Hall–Kier alpha value is -1.18. The van der Waals surface area contributed by atoms with E-state index in [1.807, 2.05) is 6.08 Å². The third-order valence-corrected chi connectivity index (χ3v) is 7.64. The van der Waals surface area contributed by atoms with Crippen LogP contribution in [0.15, 0.2) is 23.8 Å². The molecule has 3 fully saturated rings. The number of Topliss-reactive ketones (excluding diaryl/α,β-unsaturated/α-hetero) is 1. The fourth-order valence-electron chi connectivity index (χ4n) is 6.34. The zero-order valence-electron chi connectivity index (χ0n) is 13.8. The first-order valence-corrected chi connectivity index (χ1v) is 8.83. The first-order chi connectivity index (χ1) is 10.4. The molecule has 0 aromatic heterocycles. The molecule has 4 aliphatic rings. The molecule has 5 atom stereocenters. The topological polar surface area (TPSA) is 34.1 Å². The van der Waals surface area contributed by atoms with E-state index in [-0.39, 0.29) is 16.6 Å². The summed E-state index contributed by atoms with van der Waals surface area (Å²) in [6.45, 7) is 8.89. The van der Waals surface area contributed by atoms with Crippen LogP contribution in [0.2, 0.25) is 0 Å². The molecule has 22 heavy (non-hydrogen) atoms. The van der Waals surface area contributed by atoms with Gasteiger partial charge in [0.25, 0.3) is 0 Å². The molecule has 0 aromatic rings. The molecule has 3 saturated carbocycles. The van der Waals surface area contributed by atoms with Gasteiger partial charge in [-0.15, -0.1) is 0 Å². The molecule has 0 bridgehead atoms. The molecule has 0 N–H and O–H groups in total. The normalized spacial score (nSPS) is 47.6. The molecular weight excluding hydrogens is 272 g/mol. The molecule has 0 spiro atoms. The molecular formula is C20H26O2. The summed E-state index contributed by atoms with van der Waals surface area (Å²) in [6.07, 6.45) is 8.54. The van der Waals surface area contributed by atoms with E-state index in [4.69, 9.17) is 0 Å². The largest absolute Gasteiger partial charge is 0.299 e. The van der Waals surface area contributed by atoms with Gasteiger partial charge in [-0.3, -0.25) is 9.59 Å². The Morgan fingerprint density at radius 1 is 1.05 bits per heavy atom. The van der Waals surface area contributed by atoms with Crippen LogP contribution in [0.3, 0.4) is 0 Å². The predicted molar refractivity (Wildman–Crippen MR) is 86.2 cm³/mol. The fraction of sp³-hybridized carbons (Fsp3) is 0.700. The van der Waals surface area contributed by atoms with Crippen LogP contribution in [-0.4, -0.2) is 11.6 Å². The minimum atomic E-state index is -0.0799. The van der Waals surface area contributed by atoms with Crippen molar-refractivity contribution in [3.63, 3.8) is 0 Å². The highest BCUT2D eigenvalue weighted by Crippen LogP contribution is 2.65. The maximum atomic E-state index is 12.4. The van der Waals surface area contributed by atoms with Crippen LogP contribution in [0.1, 0.15) is 58.8 Å². The Labute approximate surface area is 133 Å². The Balaban J connectivity index is 1.76. The second-order valence-corrected chi connectivity index (χ2v) is 8.54. The highest BCUT2D eigenvalue weighted by Gasteiger charge is 2.59. The zero-order valence-corrected chi connectivity index (χ0v) is 13.8. The van der Waals surface area contributed by atoms with Crippen molar-refractivity contribution in [1.82, 2.24) is 0 Å². The van der Waals surface area contributed by atoms with Crippen LogP contribution < -0.4 is 0 Å². The first-order valence-electron chi connectivity index (χ1n) is 8.83. The molecule has 0 unspecified atom stereocenters. The number of carbonyl (C=O) groups is 2. The van der Waals surface area contributed by atoms with Crippen LogP contribution in [0.5, 0.6) is 0 Å². The number of ketones is 2. The maximum absolute atomic E-state index is 12.4. The van der Waals surface area contributed by atoms with Gasteiger partial charge in [0.1, 0.15) is 5.78 Å². The predicted octanol–water partition coefficient (Wildman–Crippen LogP) is 4.25. The summed E-state index contributed by atoms with van der Waals surface area (Å²) in [6, 6.07) is 0. The van der Waals surface area contributed by atoms with Crippen molar-refractivity contribution in [3.8, 4) is 0 Å². The van der Waals surface area contributed by atoms with E-state index in [1.165, 1.54) is 11.1 Å². The highest BCUT2D eigenvalue weighted by molar-refractivity contribution is 5.92. The molecule has 4 aliphatic carbocycles. The van der Waals surface area contributed by atoms with Crippen LogP contribution in [0, 0.1) is 28.6 Å². The Bertz CT molecular complexity index is 613. The SMILES string of the molecule is C=C1C[C@@H]2[C@H]3CCC(=O)[C@@]3(C)CC[C@H]2[C@]2(C)CCC(=O)C=C12. The van der Waals surface area contributed by atoms with Crippen molar-refractivity contribution in [2.75, 3.05) is 0 Å². The van der Waals surface area contributed by atoms with Gasteiger partial charge in [0, 0.05) is 18.3 Å². The summed E-state index contributed by atoms with van der Waals surface area (Å²) in [4.78, 5) is 24.3. The number of hydrogen-bond acceptors (Lipinski definition) is 2. The van der Waals surface area contributed by atoms with Gasteiger partial charge in [-0.1, -0.05) is 26.0 Å². The van der Waals surface area contributed by atoms with Gasteiger partial charge < -0.3 is 0 Å². The van der Waals surface area contributed by atoms with Gasteiger partial charge in [0.15, 0.2) is 5.78 Å². The molecule has 0 heterocycles. The van der Waals surface area contributed by atoms with E-state index in [1.54, 1.807) is 0 Å². The second kappa shape index (κ2) is 4.43. The lowest BCUT2D eigenvalue weighted by molar-refractivity contribution is -0.132. The second-order valence-electron chi connectivity index (χ2n) is 8.54. The lowest BCUT2D eigenvalue weighted by Crippen LogP contribution is -2.51. The third kappa shape index (κ3) is 1.67. The average Bonchev–Trinajstić information content (AvgIpc) is 2.77. The summed E-state index contributed by atoms with van der Waals surface area (Å²) >= 11 is 0. The Kier molecular flexibility index (Phi) is 2.90. The van der Waals surface area contributed by atoms with Crippen molar-refractivity contribution >= 4 is 11.6 Å². The third-order valence-electron chi connectivity index (χ3n) is 7.64. The quantitative estimate of drug-likeness (QED) is 0.670. The molecule has 0 radical (unpaired) electrons. The lowest BCUT2D eigenvalue weighted by atomic mass is 9.47. The van der Waals surface area contributed by atoms with Gasteiger partial charge >= 0.3 is 0 Å². The number of rotatable bonds is 0. The van der Waals surface area contributed by atoms with Crippen LogP contribution in [0.25, 0.3) is 0 Å². The minimum Gasteiger partial charge on any atom is -0.299 e. The van der Waals surface area contributed by atoms with Crippen LogP contribution >= 0.6 is 0 Å². The molecule has 2 heteroatoms. The lowest BCUT2D eigenvalue weighted by Gasteiger charge is -2.57. The smallest absolute Gasteiger partial charge is 0.156 e. The van der Waals surface area contributed by atoms with E-state index >= 15 is 0 Å². The first kappa shape index (κ1) is 14.4. The average molecular weight is 298 g/mol. The monoisotopic (exact) mass is 298 g/mol. The van der Waals surface area contributed by atoms with Crippen LogP contribution in [0.4, 0.5) is 0 Å². The molecule has 0 aromatic carbocycles. The van der Waals surface area contributed by atoms with Gasteiger partial charge in [-0.25, -0.2) is 0 Å². The fourth-order valence-corrected chi connectivity index (χ4v) is 6.34. The maximum Gasteiger partial charge on any atom is 0.156 e. The van der Waals surface area contributed by atoms with E-state index in [9.17, 15) is 9.59 Å². The van der Waals surface area contributed by atoms with Crippen molar-refractivity contribution < 1.29 is 9.59 Å². The zero-order chi connectivity index (χ0) is 15.7. The molecule has 2 nitrogen and oxygen atoms in total. The molecule has 0 aliphatic heterocycles. The van der Waals surface area contributed by atoms with Crippen molar-refractivity contribution in [2.24, 2.45) is 28.6 Å². The molecule has 0 amide bonds. The van der Waals surface area contributed by atoms with Crippen molar-refractivity contribution in [2.45, 2.75) is 58.8 Å². The summed E-state index contributed by atoms with van der Waals surface area (Å²) < 4.78 is 0. The van der Waals surface area contributed by atoms with Crippen molar-refractivity contribution in [1.29, 1.82) is 0 Å². The van der Waals surface area contributed by atoms with Crippen molar-refractivity contribution in [3.05, 3.63) is 23.8 Å². The van der Waals surface area contributed by atoms with E-state index in [0.29, 0.717) is 30.0 Å². The summed E-state index contributed by atoms with van der Waals surface area (Å²) in [5.74, 6) is 2.51. The standard InChI is InChI=1S/C20H26O2/c1-12-10-14-15-4-5-18(22)20(15,3)9-7-16(14)19(2)8-6-13(21)11-17(12)19/h11,14-16H,1,4-10H2,2-3H3/t14-,15-,16-,19+,20+/m1/s1. The van der Waals surface area contributed by atoms with Gasteiger partial charge in [-0.05, 0) is 66.9 Å². The summed E-state index contributed by atoms with van der Waals surface area (Å²) in [7, 11) is 0. The van der Waals surface area contributed by atoms with Gasteiger partial charge in [-0.2, -0.15) is 0 Å². The molecule has 118 valence electrons. The number of hydrogen-bond donors (Lipinski definition) is 0. The number of fused-ring (bicyclic) bond motifs is 5. The Morgan fingerprint density at radius 2 is 1.77 bits per heavy atom. The number of carbonyl (C=O) groups excluding carboxylic acids is 2. The van der Waals surface area contributed by atoms with Crippen LogP contribution in [-0.2, 0) is 9.59 Å².